The second-order valence-electron chi connectivity index (χ2n) is 7.54. The van der Waals surface area contributed by atoms with Gasteiger partial charge in [0.25, 0.3) is 5.91 Å². The fourth-order valence-electron chi connectivity index (χ4n) is 3.71. The van der Waals surface area contributed by atoms with E-state index in [1.165, 1.54) is 6.42 Å². The lowest BCUT2D eigenvalue weighted by molar-refractivity contribution is -0.123. The molecule has 8 nitrogen and oxygen atoms in total. The number of ether oxygens (including phenoxy) is 1. The Morgan fingerprint density at radius 2 is 1.81 bits per heavy atom. The van der Waals surface area contributed by atoms with E-state index in [0.717, 1.165) is 31.2 Å². The molecule has 1 saturated carbocycles. The predicted octanol–water partition coefficient (Wildman–Crippen LogP) is 3.81. The molecule has 0 radical (unpaired) electrons. The summed E-state index contributed by atoms with van der Waals surface area (Å²) in [5, 5.41) is 9.66. The number of carbonyl (C=O) groups is 3. The summed E-state index contributed by atoms with van der Waals surface area (Å²) in [7, 11) is 0. The minimum atomic E-state index is -0.683. The van der Waals surface area contributed by atoms with E-state index in [1.807, 2.05) is 30.3 Å². The van der Waals surface area contributed by atoms with Crippen LogP contribution < -0.4 is 10.6 Å². The van der Waals surface area contributed by atoms with Gasteiger partial charge in [0.15, 0.2) is 12.4 Å². The second-order valence-corrected chi connectivity index (χ2v) is 7.54. The van der Waals surface area contributed by atoms with Crippen molar-refractivity contribution in [2.24, 2.45) is 0 Å². The van der Waals surface area contributed by atoms with E-state index in [9.17, 15) is 14.4 Å². The number of carbonyl (C=O) groups excluding carboxylic acids is 3. The van der Waals surface area contributed by atoms with Gasteiger partial charge in [0.1, 0.15) is 5.52 Å². The first-order valence-electron chi connectivity index (χ1n) is 10.3. The van der Waals surface area contributed by atoms with Gasteiger partial charge in [-0.15, -0.1) is 0 Å². The highest BCUT2D eigenvalue weighted by Gasteiger charge is 2.19. The smallest absolute Gasteiger partial charge is 0.338 e. The third kappa shape index (κ3) is 5.09. The first-order valence-corrected chi connectivity index (χ1v) is 10.3. The van der Waals surface area contributed by atoms with Crippen LogP contribution in [0.25, 0.3) is 22.2 Å². The quantitative estimate of drug-likeness (QED) is 0.606. The summed E-state index contributed by atoms with van der Waals surface area (Å²) in [4.78, 5) is 36.3. The van der Waals surface area contributed by atoms with Crippen LogP contribution in [0.15, 0.2) is 53.1 Å². The number of aromatic nitrogens is 1. The molecule has 0 aliphatic heterocycles. The van der Waals surface area contributed by atoms with E-state index in [4.69, 9.17) is 9.26 Å². The molecule has 0 unspecified atom stereocenters. The number of hydrogen-bond acceptors (Lipinski definition) is 6. The predicted molar refractivity (Wildman–Crippen MR) is 113 cm³/mol. The molecule has 3 aromatic rings. The van der Waals surface area contributed by atoms with Crippen LogP contribution >= 0.6 is 0 Å². The summed E-state index contributed by atoms with van der Waals surface area (Å²) in [5.74, 6) is -0.815. The molecule has 0 saturated heterocycles. The summed E-state index contributed by atoms with van der Waals surface area (Å²) in [5.41, 5.74) is 1.69. The Morgan fingerprint density at radius 1 is 1.03 bits per heavy atom. The maximum atomic E-state index is 12.4. The molecule has 160 valence electrons. The highest BCUT2D eigenvalue weighted by molar-refractivity contribution is 6.00. The minimum Gasteiger partial charge on any atom is -0.452 e. The Bertz CT molecular complexity index is 1090. The fourth-order valence-corrected chi connectivity index (χ4v) is 3.71. The third-order valence-corrected chi connectivity index (χ3v) is 5.28. The SMILES string of the molecule is O=C(COC(=O)c1ccc2noc(-c3ccccc3)c2c1)NC(=O)NC1CCCCC1. The molecule has 1 aliphatic carbocycles. The molecule has 1 aliphatic rings. The van der Waals surface area contributed by atoms with Crippen molar-refractivity contribution < 1.29 is 23.6 Å². The molecule has 8 heteroatoms. The van der Waals surface area contributed by atoms with Gasteiger partial charge in [0, 0.05) is 11.6 Å². The maximum Gasteiger partial charge on any atom is 0.338 e. The molecule has 0 bridgehead atoms. The summed E-state index contributed by atoms with van der Waals surface area (Å²) in [6.45, 7) is -0.551. The first-order chi connectivity index (χ1) is 15.1. The Kier molecular flexibility index (Phi) is 6.26. The summed E-state index contributed by atoms with van der Waals surface area (Å²) < 4.78 is 10.5. The monoisotopic (exact) mass is 421 g/mol. The number of nitrogens with zero attached hydrogens (tertiary/aromatic N) is 1. The number of esters is 1. The molecule has 4 rings (SSSR count). The van der Waals surface area contributed by atoms with Crippen LogP contribution in [-0.4, -0.2) is 35.7 Å². The van der Waals surface area contributed by atoms with Gasteiger partial charge in [-0.3, -0.25) is 10.1 Å². The highest BCUT2D eigenvalue weighted by Crippen LogP contribution is 2.29. The van der Waals surface area contributed by atoms with Gasteiger partial charge in [-0.2, -0.15) is 0 Å². The van der Waals surface area contributed by atoms with E-state index in [-0.39, 0.29) is 11.6 Å². The van der Waals surface area contributed by atoms with Crippen LogP contribution in [0.4, 0.5) is 4.79 Å². The molecular weight excluding hydrogens is 398 g/mol. The van der Waals surface area contributed by atoms with E-state index >= 15 is 0 Å². The molecule has 31 heavy (non-hydrogen) atoms. The molecule has 1 aromatic heterocycles. The Labute approximate surface area is 178 Å². The zero-order valence-electron chi connectivity index (χ0n) is 16.9. The fraction of sp³-hybridized carbons (Fsp3) is 0.304. The normalized spacial score (nSPS) is 14.2. The topological polar surface area (TPSA) is 111 Å². The Balaban J connectivity index is 1.35. The van der Waals surface area contributed by atoms with Crippen LogP contribution in [0.5, 0.6) is 0 Å². The third-order valence-electron chi connectivity index (χ3n) is 5.28. The standard InChI is InChI=1S/C23H23N3O5/c27-20(25-23(29)24-17-9-5-2-6-10-17)14-30-22(28)16-11-12-19-18(13-16)21(31-26-19)15-7-3-1-4-8-15/h1,3-4,7-8,11-13,17H,2,5-6,9-10,14H2,(H2,24,25,27,29). The van der Waals surface area contributed by atoms with Crippen LogP contribution in [-0.2, 0) is 9.53 Å². The number of rotatable bonds is 5. The van der Waals surface area contributed by atoms with Crippen LogP contribution in [0.1, 0.15) is 42.5 Å². The lowest BCUT2D eigenvalue weighted by atomic mass is 9.96. The first kappa shape index (κ1) is 20.6. The molecule has 0 spiro atoms. The van der Waals surface area contributed by atoms with Crippen molar-refractivity contribution in [2.75, 3.05) is 6.61 Å². The summed E-state index contributed by atoms with van der Waals surface area (Å²) >= 11 is 0. The van der Waals surface area contributed by atoms with Crippen molar-refractivity contribution in [3.63, 3.8) is 0 Å². The maximum absolute atomic E-state index is 12.4. The van der Waals surface area contributed by atoms with Crippen LogP contribution in [0.3, 0.4) is 0 Å². The summed E-state index contributed by atoms with van der Waals surface area (Å²) in [6, 6.07) is 13.8. The summed E-state index contributed by atoms with van der Waals surface area (Å²) in [6.07, 6.45) is 5.13. The van der Waals surface area contributed by atoms with E-state index < -0.39 is 24.5 Å². The molecule has 1 fully saturated rings. The van der Waals surface area contributed by atoms with Crippen LogP contribution in [0, 0.1) is 0 Å². The molecular formula is C23H23N3O5. The average Bonchev–Trinajstić information content (AvgIpc) is 3.22. The van der Waals surface area contributed by atoms with Crippen molar-refractivity contribution in [3.8, 4) is 11.3 Å². The van der Waals surface area contributed by atoms with Gasteiger partial charge < -0.3 is 14.6 Å². The minimum absolute atomic E-state index is 0.0817. The number of fused-ring (bicyclic) bond motifs is 1. The van der Waals surface area contributed by atoms with Crippen molar-refractivity contribution in [1.82, 2.24) is 15.8 Å². The number of imide groups is 1. The number of hydrogen-bond donors (Lipinski definition) is 2. The van der Waals surface area contributed by atoms with Crippen LogP contribution in [0.2, 0.25) is 0 Å². The van der Waals surface area contributed by atoms with Gasteiger partial charge >= 0.3 is 12.0 Å². The molecule has 2 aromatic carbocycles. The van der Waals surface area contributed by atoms with Gasteiger partial charge in [-0.1, -0.05) is 54.8 Å². The lowest BCUT2D eigenvalue weighted by Crippen LogP contribution is -2.46. The highest BCUT2D eigenvalue weighted by atomic mass is 16.5. The Hall–Kier alpha value is -3.68. The van der Waals surface area contributed by atoms with Crippen molar-refractivity contribution in [1.29, 1.82) is 0 Å². The number of amides is 3. The molecule has 1 heterocycles. The van der Waals surface area contributed by atoms with E-state index in [1.54, 1.807) is 18.2 Å². The van der Waals surface area contributed by atoms with Crippen molar-refractivity contribution in [3.05, 3.63) is 54.1 Å². The largest absolute Gasteiger partial charge is 0.452 e. The number of urea groups is 1. The van der Waals surface area contributed by atoms with Crippen molar-refractivity contribution in [2.45, 2.75) is 38.1 Å². The zero-order chi connectivity index (χ0) is 21.6. The van der Waals surface area contributed by atoms with E-state index in [2.05, 4.69) is 15.8 Å². The van der Waals surface area contributed by atoms with Gasteiger partial charge in [0.05, 0.1) is 10.9 Å². The van der Waals surface area contributed by atoms with Crippen molar-refractivity contribution >= 4 is 28.8 Å². The van der Waals surface area contributed by atoms with Gasteiger partial charge in [-0.25, -0.2) is 9.59 Å². The molecule has 2 N–H and O–H groups in total. The Morgan fingerprint density at radius 3 is 2.58 bits per heavy atom. The molecule has 0 atom stereocenters. The zero-order valence-corrected chi connectivity index (χ0v) is 16.9. The lowest BCUT2D eigenvalue weighted by Gasteiger charge is -2.22. The number of nitrogens with one attached hydrogen (secondary N) is 2. The van der Waals surface area contributed by atoms with Gasteiger partial charge in [0.2, 0.25) is 0 Å². The second kappa shape index (κ2) is 9.42. The molecule has 3 amide bonds. The number of benzene rings is 2. The van der Waals surface area contributed by atoms with Gasteiger partial charge in [-0.05, 0) is 31.0 Å². The van der Waals surface area contributed by atoms with E-state index in [0.29, 0.717) is 16.7 Å². The average molecular weight is 421 g/mol.